The van der Waals surface area contributed by atoms with Gasteiger partial charge in [0.1, 0.15) is 5.82 Å². The first-order valence-electron chi connectivity index (χ1n) is 11.4. The number of carbonyl (C=O) groups excluding carboxylic acids is 2. The summed E-state index contributed by atoms with van der Waals surface area (Å²) < 4.78 is 14.5. The molecule has 7 heteroatoms. The van der Waals surface area contributed by atoms with Gasteiger partial charge in [0.15, 0.2) is 0 Å². The van der Waals surface area contributed by atoms with Crippen molar-refractivity contribution < 1.29 is 14.0 Å². The van der Waals surface area contributed by atoms with Gasteiger partial charge in [0.25, 0.3) is 11.8 Å². The zero-order valence-electron chi connectivity index (χ0n) is 19.7. The van der Waals surface area contributed by atoms with Crippen LogP contribution in [-0.2, 0) is 6.54 Å². The Kier molecular flexibility index (Phi) is 7.03. The van der Waals surface area contributed by atoms with Crippen LogP contribution in [0.15, 0.2) is 60.8 Å². The second-order valence-corrected chi connectivity index (χ2v) is 8.83. The number of anilines is 1. The van der Waals surface area contributed by atoms with E-state index < -0.39 is 5.82 Å². The van der Waals surface area contributed by atoms with E-state index in [1.807, 2.05) is 56.0 Å². The third-order valence-electron chi connectivity index (χ3n) is 6.29. The van der Waals surface area contributed by atoms with Crippen molar-refractivity contribution in [3.8, 4) is 0 Å². The monoisotopic (exact) mass is 460 g/mol. The number of aromatic nitrogens is 1. The molecule has 2 aromatic carbocycles. The summed E-state index contributed by atoms with van der Waals surface area (Å²) in [5.41, 5.74) is 4.02. The first-order chi connectivity index (χ1) is 16.3. The maximum absolute atomic E-state index is 14.5. The molecule has 2 heterocycles. The molecule has 0 spiro atoms. The molecular weight excluding hydrogens is 431 g/mol. The van der Waals surface area contributed by atoms with Crippen LogP contribution in [0.2, 0.25) is 0 Å². The van der Waals surface area contributed by atoms with Gasteiger partial charge in [-0.15, -0.1) is 0 Å². The van der Waals surface area contributed by atoms with E-state index in [2.05, 4.69) is 15.2 Å². The van der Waals surface area contributed by atoms with Crippen molar-refractivity contribution in [2.24, 2.45) is 0 Å². The van der Waals surface area contributed by atoms with Crippen molar-refractivity contribution in [3.63, 3.8) is 0 Å². The second kappa shape index (κ2) is 10.1. The fraction of sp³-hybridized carbons (Fsp3) is 0.296. The predicted octanol–water partition coefficient (Wildman–Crippen LogP) is 4.44. The summed E-state index contributed by atoms with van der Waals surface area (Å²) in [6.07, 6.45) is 1.51. The Morgan fingerprint density at radius 3 is 2.50 bits per heavy atom. The van der Waals surface area contributed by atoms with E-state index in [9.17, 15) is 14.0 Å². The number of benzene rings is 2. The Hall–Kier alpha value is -3.58. The minimum absolute atomic E-state index is 0.0310. The van der Waals surface area contributed by atoms with E-state index in [1.165, 1.54) is 18.3 Å². The number of hydrogen-bond donors (Lipinski definition) is 1. The van der Waals surface area contributed by atoms with Crippen LogP contribution in [-0.4, -0.2) is 52.3 Å². The molecule has 34 heavy (non-hydrogen) atoms. The first kappa shape index (κ1) is 23.6. The van der Waals surface area contributed by atoms with Gasteiger partial charge in [0.2, 0.25) is 0 Å². The van der Waals surface area contributed by atoms with Crippen LogP contribution in [0, 0.1) is 19.7 Å². The lowest BCUT2D eigenvalue weighted by molar-refractivity contribution is 0.0475. The molecule has 1 aliphatic heterocycles. The van der Waals surface area contributed by atoms with Gasteiger partial charge in [0, 0.05) is 55.4 Å². The number of amides is 2. The summed E-state index contributed by atoms with van der Waals surface area (Å²) in [6, 6.07) is 15.7. The van der Waals surface area contributed by atoms with Crippen LogP contribution in [0.3, 0.4) is 0 Å². The summed E-state index contributed by atoms with van der Waals surface area (Å²) in [5, 5.41) is 2.82. The zero-order chi connectivity index (χ0) is 24.2. The minimum atomic E-state index is -0.399. The maximum Gasteiger partial charge on any atom is 0.257 e. The van der Waals surface area contributed by atoms with Gasteiger partial charge < -0.3 is 10.2 Å². The van der Waals surface area contributed by atoms with E-state index in [1.54, 1.807) is 12.1 Å². The van der Waals surface area contributed by atoms with E-state index in [-0.39, 0.29) is 17.9 Å². The average Bonchev–Trinajstić information content (AvgIpc) is 2.82. The number of nitrogens with zero attached hydrogens (tertiary/aromatic N) is 3. The van der Waals surface area contributed by atoms with Crippen LogP contribution >= 0.6 is 0 Å². The molecule has 2 amide bonds. The van der Waals surface area contributed by atoms with E-state index >= 15 is 0 Å². The molecule has 1 N–H and O–H groups in total. The number of nitrogens with one attached hydrogen (secondary N) is 1. The summed E-state index contributed by atoms with van der Waals surface area (Å²) in [5.74, 6) is -0.692. The Balaban J connectivity index is 1.44. The van der Waals surface area contributed by atoms with Crippen LogP contribution in [0.5, 0.6) is 0 Å². The highest BCUT2D eigenvalue weighted by atomic mass is 19.1. The molecule has 1 unspecified atom stereocenters. The van der Waals surface area contributed by atoms with Crippen LogP contribution in [0.1, 0.15) is 44.5 Å². The number of piperazine rings is 1. The normalized spacial score (nSPS) is 16.4. The molecule has 1 aliphatic rings. The second-order valence-electron chi connectivity index (χ2n) is 8.83. The quantitative estimate of drug-likeness (QED) is 0.612. The molecule has 0 saturated carbocycles. The number of pyridine rings is 1. The molecule has 0 bridgehead atoms. The average molecular weight is 461 g/mol. The molecule has 1 aromatic heterocycles. The standard InChI is InChI=1S/C27H29FN4O2/c1-18-9-10-22(15-29-18)26(33)30-25-14-24(28)13-23(20(25)3)17-31-11-12-32(19(2)16-31)27(34)21-7-5-4-6-8-21/h4-10,13-15,19H,11-12,16-17H2,1-3H3,(H,30,33). The molecule has 1 saturated heterocycles. The van der Waals surface area contributed by atoms with Gasteiger partial charge in [-0.3, -0.25) is 19.5 Å². The lowest BCUT2D eigenvalue weighted by Crippen LogP contribution is -2.53. The first-order valence-corrected chi connectivity index (χ1v) is 11.4. The maximum atomic E-state index is 14.5. The number of rotatable bonds is 5. The largest absolute Gasteiger partial charge is 0.333 e. The lowest BCUT2D eigenvalue weighted by atomic mass is 10.0. The van der Waals surface area contributed by atoms with Gasteiger partial charge in [-0.25, -0.2) is 4.39 Å². The highest BCUT2D eigenvalue weighted by Crippen LogP contribution is 2.25. The third-order valence-corrected chi connectivity index (χ3v) is 6.29. The molecule has 1 atom stereocenters. The molecule has 0 aliphatic carbocycles. The van der Waals surface area contributed by atoms with Crippen LogP contribution in [0.25, 0.3) is 0 Å². The summed E-state index contributed by atoms with van der Waals surface area (Å²) in [4.78, 5) is 33.8. The van der Waals surface area contributed by atoms with Gasteiger partial charge in [-0.2, -0.15) is 0 Å². The molecule has 176 valence electrons. The van der Waals surface area contributed by atoms with Crippen LogP contribution in [0.4, 0.5) is 10.1 Å². The topological polar surface area (TPSA) is 65.5 Å². The smallest absolute Gasteiger partial charge is 0.257 e. The van der Waals surface area contributed by atoms with Crippen LogP contribution < -0.4 is 5.32 Å². The molecule has 6 nitrogen and oxygen atoms in total. The third kappa shape index (κ3) is 5.31. The number of hydrogen-bond acceptors (Lipinski definition) is 4. The highest BCUT2D eigenvalue weighted by molar-refractivity contribution is 6.04. The van der Waals surface area contributed by atoms with Gasteiger partial charge in [0.05, 0.1) is 5.56 Å². The van der Waals surface area contributed by atoms with Gasteiger partial charge in [-0.05, 0) is 68.3 Å². The Labute approximate surface area is 199 Å². The summed E-state index contributed by atoms with van der Waals surface area (Å²) in [6.45, 7) is 8.29. The molecule has 4 rings (SSSR count). The van der Waals surface area contributed by atoms with Crippen molar-refractivity contribution in [2.45, 2.75) is 33.4 Å². The SMILES string of the molecule is Cc1ccc(C(=O)Nc2cc(F)cc(CN3CCN(C(=O)c4ccccc4)C(C)C3)c2C)cn1. The fourth-order valence-electron chi connectivity index (χ4n) is 4.29. The van der Waals surface area contributed by atoms with Crippen molar-refractivity contribution in [1.82, 2.24) is 14.8 Å². The van der Waals surface area contributed by atoms with E-state index in [0.717, 1.165) is 16.8 Å². The number of aryl methyl sites for hydroxylation is 1. The summed E-state index contributed by atoms with van der Waals surface area (Å²) >= 11 is 0. The molecular formula is C27H29FN4O2. The molecule has 0 radical (unpaired) electrons. The van der Waals surface area contributed by atoms with E-state index in [4.69, 9.17) is 0 Å². The fourth-order valence-corrected chi connectivity index (χ4v) is 4.29. The van der Waals surface area contributed by atoms with Gasteiger partial charge in [-0.1, -0.05) is 18.2 Å². The van der Waals surface area contributed by atoms with Crippen molar-refractivity contribution >= 4 is 17.5 Å². The van der Waals surface area contributed by atoms with Crippen molar-refractivity contribution in [2.75, 3.05) is 25.0 Å². The highest BCUT2D eigenvalue weighted by Gasteiger charge is 2.28. The molecule has 1 fully saturated rings. The van der Waals surface area contributed by atoms with E-state index in [0.29, 0.717) is 43.0 Å². The number of carbonyl (C=O) groups is 2. The van der Waals surface area contributed by atoms with Crippen molar-refractivity contribution in [1.29, 1.82) is 0 Å². The Morgan fingerprint density at radius 1 is 1.06 bits per heavy atom. The minimum Gasteiger partial charge on any atom is -0.333 e. The van der Waals surface area contributed by atoms with Gasteiger partial charge >= 0.3 is 0 Å². The van der Waals surface area contributed by atoms with Crippen molar-refractivity contribution in [3.05, 3.63) is 94.6 Å². The Bertz CT molecular complexity index is 1180. The number of halogens is 1. The predicted molar refractivity (Wildman–Crippen MR) is 130 cm³/mol. The summed E-state index contributed by atoms with van der Waals surface area (Å²) in [7, 11) is 0. The lowest BCUT2D eigenvalue weighted by Gasteiger charge is -2.40. The zero-order valence-corrected chi connectivity index (χ0v) is 19.7. The molecule has 3 aromatic rings. The Morgan fingerprint density at radius 2 is 1.82 bits per heavy atom.